The molecule has 15 heavy (non-hydrogen) atoms. The van der Waals surface area contributed by atoms with E-state index in [1.165, 1.54) is 0 Å². The first-order valence-electron chi connectivity index (χ1n) is 5.90. The summed E-state index contributed by atoms with van der Waals surface area (Å²) < 4.78 is 5.04. The molecule has 1 rings (SSSR count). The highest BCUT2D eigenvalue weighted by atomic mass is 16.5. The highest BCUT2D eigenvalue weighted by molar-refractivity contribution is 5.74. The van der Waals surface area contributed by atoms with E-state index < -0.39 is 5.60 Å². The predicted octanol–water partition coefficient (Wildman–Crippen LogP) is 2.13. The first-order valence-corrected chi connectivity index (χ1v) is 5.90. The van der Waals surface area contributed by atoms with Crippen LogP contribution < -0.4 is 0 Å². The fraction of sp³-hybridized carbons (Fsp3) is 0.917. The maximum atomic E-state index is 11.8. The molecule has 3 nitrogen and oxygen atoms in total. The van der Waals surface area contributed by atoms with E-state index >= 15 is 0 Å². The molecule has 1 atom stereocenters. The molecule has 1 saturated carbocycles. The van der Waals surface area contributed by atoms with Crippen LogP contribution in [0.2, 0.25) is 0 Å². The van der Waals surface area contributed by atoms with Gasteiger partial charge in [0.05, 0.1) is 18.1 Å². The summed E-state index contributed by atoms with van der Waals surface area (Å²) in [5.74, 6) is -0.469. The average molecular weight is 214 g/mol. The normalized spacial score (nSPS) is 21.7. The summed E-state index contributed by atoms with van der Waals surface area (Å²) in [7, 11) is 0. The Morgan fingerprint density at radius 2 is 1.93 bits per heavy atom. The lowest BCUT2D eigenvalue weighted by Gasteiger charge is -2.33. The minimum atomic E-state index is -0.819. The van der Waals surface area contributed by atoms with Crippen LogP contribution >= 0.6 is 0 Å². The van der Waals surface area contributed by atoms with Crippen LogP contribution in [0.15, 0.2) is 0 Å². The lowest BCUT2D eigenvalue weighted by molar-refractivity contribution is -0.161. The van der Waals surface area contributed by atoms with Gasteiger partial charge < -0.3 is 9.84 Å². The molecule has 1 fully saturated rings. The Bertz CT molecular complexity index is 217. The molecule has 88 valence electrons. The van der Waals surface area contributed by atoms with Gasteiger partial charge in [-0.25, -0.2) is 0 Å². The Hall–Kier alpha value is -0.570. The van der Waals surface area contributed by atoms with Crippen molar-refractivity contribution in [1.29, 1.82) is 0 Å². The van der Waals surface area contributed by atoms with Crippen molar-refractivity contribution in [3.63, 3.8) is 0 Å². The van der Waals surface area contributed by atoms with E-state index in [0.29, 0.717) is 6.61 Å². The van der Waals surface area contributed by atoms with E-state index in [4.69, 9.17) is 4.74 Å². The number of esters is 1. The van der Waals surface area contributed by atoms with Crippen LogP contribution in [0.5, 0.6) is 0 Å². The van der Waals surface area contributed by atoms with Crippen molar-refractivity contribution in [3.05, 3.63) is 0 Å². The van der Waals surface area contributed by atoms with Crippen LogP contribution in [0.25, 0.3) is 0 Å². The third-order valence-corrected chi connectivity index (χ3v) is 3.26. The smallest absolute Gasteiger partial charge is 0.312 e. The second-order valence-corrected chi connectivity index (χ2v) is 4.78. The molecule has 0 aromatic rings. The number of rotatable bonds is 4. The van der Waals surface area contributed by atoms with Gasteiger partial charge in [-0.3, -0.25) is 4.79 Å². The first kappa shape index (κ1) is 12.5. The van der Waals surface area contributed by atoms with Crippen LogP contribution in [0.1, 0.15) is 46.5 Å². The molecule has 0 aliphatic heterocycles. The van der Waals surface area contributed by atoms with Gasteiger partial charge in [-0.1, -0.05) is 26.7 Å². The molecule has 1 aliphatic rings. The van der Waals surface area contributed by atoms with Crippen LogP contribution in [0.3, 0.4) is 0 Å². The van der Waals surface area contributed by atoms with E-state index in [2.05, 4.69) is 0 Å². The van der Waals surface area contributed by atoms with Gasteiger partial charge in [0, 0.05) is 0 Å². The number of carbonyl (C=O) groups is 1. The number of hydrogen-bond donors (Lipinski definition) is 1. The molecule has 1 N–H and O–H groups in total. The maximum Gasteiger partial charge on any atom is 0.312 e. The van der Waals surface area contributed by atoms with Gasteiger partial charge >= 0.3 is 5.97 Å². The minimum absolute atomic E-state index is 0.132. The average Bonchev–Trinajstić information content (AvgIpc) is 2.52. The number of ether oxygens (including phenoxy) is 1. The zero-order valence-electron chi connectivity index (χ0n) is 9.95. The quantitative estimate of drug-likeness (QED) is 0.729. The second kappa shape index (κ2) is 4.97. The van der Waals surface area contributed by atoms with E-state index in [0.717, 1.165) is 25.7 Å². The Labute approximate surface area is 91.8 Å². The summed E-state index contributed by atoms with van der Waals surface area (Å²) in [6.45, 7) is 6.13. The largest absolute Gasteiger partial charge is 0.466 e. The Balaban J connectivity index is 2.77. The molecule has 0 spiro atoms. The van der Waals surface area contributed by atoms with E-state index in [-0.39, 0.29) is 17.8 Å². The molecular formula is C12H22O3. The van der Waals surface area contributed by atoms with E-state index in [1.54, 1.807) is 6.92 Å². The number of aliphatic hydroxyl groups is 1. The van der Waals surface area contributed by atoms with Crippen LogP contribution in [0, 0.1) is 11.8 Å². The van der Waals surface area contributed by atoms with Crippen LogP contribution in [0.4, 0.5) is 0 Å². The van der Waals surface area contributed by atoms with Gasteiger partial charge in [0.15, 0.2) is 0 Å². The van der Waals surface area contributed by atoms with Crippen molar-refractivity contribution in [2.45, 2.75) is 52.1 Å². The van der Waals surface area contributed by atoms with Crippen LogP contribution in [-0.2, 0) is 9.53 Å². The third-order valence-electron chi connectivity index (χ3n) is 3.26. The van der Waals surface area contributed by atoms with Gasteiger partial charge in [-0.05, 0) is 25.7 Å². The summed E-state index contributed by atoms with van der Waals surface area (Å²) in [5, 5.41) is 10.4. The molecule has 1 unspecified atom stereocenters. The zero-order chi connectivity index (χ0) is 11.5. The number of hydrogen-bond acceptors (Lipinski definition) is 3. The summed E-state index contributed by atoms with van der Waals surface area (Å²) in [6.07, 6.45) is 3.49. The predicted molar refractivity (Wildman–Crippen MR) is 58.4 cm³/mol. The molecule has 0 radical (unpaired) electrons. The van der Waals surface area contributed by atoms with Gasteiger partial charge in [0.1, 0.15) is 0 Å². The van der Waals surface area contributed by atoms with Gasteiger partial charge in [-0.2, -0.15) is 0 Å². The van der Waals surface area contributed by atoms with Crippen molar-refractivity contribution in [2.24, 2.45) is 11.8 Å². The minimum Gasteiger partial charge on any atom is -0.466 e. The second-order valence-electron chi connectivity index (χ2n) is 4.78. The van der Waals surface area contributed by atoms with Crippen molar-refractivity contribution < 1.29 is 14.6 Å². The summed E-state index contributed by atoms with van der Waals surface area (Å²) in [6, 6.07) is 0. The summed E-state index contributed by atoms with van der Waals surface area (Å²) in [5.41, 5.74) is -0.819. The standard InChI is InChI=1S/C12H22O3/c1-4-15-11(13)10(9(2)3)12(14)7-5-6-8-12/h9-10,14H,4-8H2,1-3H3. The van der Waals surface area contributed by atoms with Gasteiger partial charge in [0.2, 0.25) is 0 Å². The zero-order valence-corrected chi connectivity index (χ0v) is 9.95. The van der Waals surface area contributed by atoms with Gasteiger partial charge in [-0.15, -0.1) is 0 Å². The van der Waals surface area contributed by atoms with E-state index in [1.807, 2.05) is 13.8 Å². The van der Waals surface area contributed by atoms with E-state index in [9.17, 15) is 9.90 Å². The highest BCUT2D eigenvalue weighted by Gasteiger charge is 2.45. The lowest BCUT2D eigenvalue weighted by Crippen LogP contribution is -2.43. The first-order chi connectivity index (χ1) is 7.01. The Kier molecular flexibility index (Phi) is 4.14. The summed E-state index contributed by atoms with van der Waals surface area (Å²) >= 11 is 0. The molecule has 3 heteroatoms. The topological polar surface area (TPSA) is 46.5 Å². The maximum absolute atomic E-state index is 11.8. The Morgan fingerprint density at radius 1 is 1.40 bits per heavy atom. The molecule has 1 aliphatic carbocycles. The molecule has 0 aromatic carbocycles. The van der Waals surface area contributed by atoms with Crippen molar-refractivity contribution in [2.75, 3.05) is 6.61 Å². The molecular weight excluding hydrogens is 192 g/mol. The fourth-order valence-corrected chi connectivity index (χ4v) is 2.64. The third kappa shape index (κ3) is 2.71. The van der Waals surface area contributed by atoms with Crippen molar-refractivity contribution in [3.8, 4) is 0 Å². The Morgan fingerprint density at radius 3 is 2.33 bits per heavy atom. The van der Waals surface area contributed by atoms with Gasteiger partial charge in [0.25, 0.3) is 0 Å². The molecule has 0 saturated heterocycles. The van der Waals surface area contributed by atoms with Crippen molar-refractivity contribution >= 4 is 5.97 Å². The molecule has 0 bridgehead atoms. The molecule has 0 aromatic heterocycles. The number of carbonyl (C=O) groups excluding carboxylic acids is 1. The summed E-state index contributed by atoms with van der Waals surface area (Å²) in [4.78, 5) is 11.8. The van der Waals surface area contributed by atoms with Crippen molar-refractivity contribution in [1.82, 2.24) is 0 Å². The van der Waals surface area contributed by atoms with Crippen LogP contribution in [-0.4, -0.2) is 23.3 Å². The lowest BCUT2D eigenvalue weighted by atomic mass is 9.78. The highest BCUT2D eigenvalue weighted by Crippen LogP contribution is 2.39. The molecule has 0 heterocycles. The fourth-order valence-electron chi connectivity index (χ4n) is 2.64. The molecule has 0 amide bonds. The monoisotopic (exact) mass is 214 g/mol. The SMILES string of the molecule is CCOC(=O)C(C(C)C)C1(O)CCCC1.